The lowest BCUT2D eigenvalue weighted by atomic mass is 9.81. The molecule has 0 saturated carbocycles. The van der Waals surface area contributed by atoms with E-state index in [4.69, 9.17) is 4.42 Å². The Morgan fingerprint density at radius 2 is 0.362 bits per heavy atom. The molecule has 356 valence electrons. The van der Waals surface area contributed by atoms with E-state index in [0.717, 1.165) is 0 Å². The summed E-state index contributed by atoms with van der Waals surface area (Å²) in [5.74, 6) is -43.6. The zero-order chi connectivity index (χ0) is 51.0. The van der Waals surface area contributed by atoms with Gasteiger partial charge in [-0.2, -0.15) is 0 Å². The maximum atomic E-state index is 12.0. The van der Waals surface area contributed by atoms with Crippen LogP contribution in [0.25, 0.3) is 87.6 Å². The average molecular weight is 963 g/mol. The van der Waals surface area contributed by atoms with Crippen molar-refractivity contribution in [2.75, 3.05) is 0 Å². The monoisotopic (exact) mass is 962 g/mol. The summed E-state index contributed by atoms with van der Waals surface area (Å²) in [5.41, 5.74) is -11.2. The molecule has 0 saturated heterocycles. The molecule has 0 fully saturated rings. The van der Waals surface area contributed by atoms with E-state index in [1.54, 1.807) is 0 Å². The normalized spacial score (nSPS) is 11.8. The Hall–Kier alpha value is -10.9. The van der Waals surface area contributed by atoms with Crippen molar-refractivity contribution in [2.45, 2.75) is 0 Å². The number of aromatic hydroxyl groups is 26. The van der Waals surface area contributed by atoms with Crippen molar-refractivity contribution >= 4 is 54.3 Å². The molecule has 0 aliphatic heterocycles. The van der Waals surface area contributed by atoms with Gasteiger partial charge in [-0.25, -0.2) is 0 Å². The Morgan fingerprint density at radius 1 is 0.130 bits per heavy atom. The lowest BCUT2D eigenvalue weighted by Crippen LogP contribution is -1.97. The number of benzene rings is 8. The van der Waals surface area contributed by atoms with Crippen LogP contribution in [0.3, 0.4) is 0 Å². The predicted molar refractivity (Wildman–Crippen MR) is 226 cm³/mol. The molecular formula is C42H26O27. The van der Waals surface area contributed by atoms with E-state index in [9.17, 15) is 133 Å². The van der Waals surface area contributed by atoms with Gasteiger partial charge in [-0.1, -0.05) is 0 Å². The molecule has 0 amide bonds. The van der Waals surface area contributed by atoms with E-state index in [2.05, 4.69) is 0 Å². The maximum Gasteiger partial charge on any atom is 0.208 e. The Kier molecular flexibility index (Phi) is 8.40. The third-order valence-electron chi connectivity index (χ3n) is 11.7. The van der Waals surface area contributed by atoms with Gasteiger partial charge in [-0.05, 0) is 0 Å². The second-order valence-electron chi connectivity index (χ2n) is 15.1. The lowest BCUT2D eigenvalue weighted by molar-refractivity contribution is 0.329. The van der Waals surface area contributed by atoms with Crippen molar-refractivity contribution in [1.29, 1.82) is 0 Å². The lowest BCUT2D eigenvalue weighted by Gasteiger charge is -2.25. The fourth-order valence-corrected chi connectivity index (χ4v) is 8.54. The van der Waals surface area contributed by atoms with Crippen LogP contribution in [-0.4, -0.2) is 133 Å². The van der Waals surface area contributed by atoms with Crippen LogP contribution in [0.4, 0.5) is 0 Å². The smallest absolute Gasteiger partial charge is 0.208 e. The zero-order valence-electron chi connectivity index (χ0n) is 33.0. The molecule has 0 aliphatic rings. The molecular weight excluding hydrogens is 936 g/mol. The molecule has 26 N–H and O–H groups in total. The van der Waals surface area contributed by atoms with Gasteiger partial charge < -0.3 is 137 Å². The quantitative estimate of drug-likeness (QED) is 0.0663. The standard InChI is InChI=1S/C42H26O27/c43-15-9(22(50)29(57)23(51)10(15)12-25(53)36(64)39(67)37(65)26(12)54)2-5-3(17(45)30(58)32(60)19(5)47)1(4-6(2)20(48)33(61)31(59)18(4)46)7-8-14-16(44)11-13(27(55)35(63)34(62)24(11)52)28(56)42(14)69-41(8)40(68)38(66)21(7)49/h43-68H. The van der Waals surface area contributed by atoms with Gasteiger partial charge in [0.15, 0.2) is 80.2 Å². The number of phenols is 26. The van der Waals surface area contributed by atoms with E-state index in [1.807, 2.05) is 0 Å². The summed E-state index contributed by atoms with van der Waals surface area (Å²) in [6.07, 6.45) is 0. The number of furan rings is 1. The first kappa shape index (κ1) is 43.4. The van der Waals surface area contributed by atoms with Gasteiger partial charge in [-0.3, -0.25) is 0 Å². The fourth-order valence-electron chi connectivity index (χ4n) is 8.54. The highest BCUT2D eigenvalue weighted by atomic mass is 16.4. The van der Waals surface area contributed by atoms with Gasteiger partial charge in [0.05, 0.1) is 32.8 Å². The van der Waals surface area contributed by atoms with Crippen molar-refractivity contribution < 1.29 is 137 Å². The van der Waals surface area contributed by atoms with Crippen LogP contribution in [0.1, 0.15) is 0 Å². The number of hydrogen-bond acceptors (Lipinski definition) is 27. The molecule has 0 atom stereocenters. The van der Waals surface area contributed by atoms with Gasteiger partial charge >= 0.3 is 0 Å². The summed E-state index contributed by atoms with van der Waals surface area (Å²) in [5, 5.41) is 279. The van der Waals surface area contributed by atoms with E-state index in [-0.39, 0.29) is 0 Å². The van der Waals surface area contributed by atoms with Gasteiger partial charge in [-0.15, -0.1) is 0 Å². The van der Waals surface area contributed by atoms with E-state index in [0.29, 0.717) is 0 Å². The number of phenolic OH excluding ortho intramolecular Hbond substituents is 26. The van der Waals surface area contributed by atoms with Crippen LogP contribution in [0, 0.1) is 0 Å². The summed E-state index contributed by atoms with van der Waals surface area (Å²) in [4.78, 5) is 0. The predicted octanol–water partition coefficient (Wildman–Crippen LogP) is 4.39. The molecule has 9 rings (SSSR count). The highest BCUT2D eigenvalue weighted by molar-refractivity contribution is 6.35. The fraction of sp³-hybridized carbons (Fsp3) is 0. The minimum Gasteiger partial charge on any atom is -0.506 e. The van der Waals surface area contributed by atoms with Crippen molar-refractivity contribution in [3.05, 3.63) is 0 Å². The minimum atomic E-state index is -1.85. The summed E-state index contributed by atoms with van der Waals surface area (Å²) in [7, 11) is 0. The summed E-state index contributed by atoms with van der Waals surface area (Å²) in [6, 6.07) is 0. The molecule has 0 aliphatic carbocycles. The Bertz CT molecular complexity index is 3850. The minimum absolute atomic E-state index is 1.08. The molecule has 0 spiro atoms. The molecule has 8 aromatic carbocycles. The molecule has 27 nitrogen and oxygen atoms in total. The summed E-state index contributed by atoms with van der Waals surface area (Å²) >= 11 is 0. The van der Waals surface area contributed by atoms with E-state index in [1.165, 1.54) is 0 Å². The summed E-state index contributed by atoms with van der Waals surface area (Å²) < 4.78 is 5.55. The van der Waals surface area contributed by atoms with Crippen LogP contribution in [0.5, 0.6) is 149 Å². The SMILES string of the molecule is Oc1c(O)c(O)c(-c2c(O)c(O)c(O)c(-c3c4c(O)c(O)c(O)c(O)c4c(-c4c(O)c(O)c(O)c5oc6c(O)c7c(O)c(O)c(O)c(O)c7c(O)c6c45)c4c(O)c(O)c(O)c(O)c34)c2O)c(O)c1O. The van der Waals surface area contributed by atoms with Crippen molar-refractivity contribution in [3.63, 3.8) is 0 Å². The first-order valence-corrected chi connectivity index (χ1v) is 18.5. The molecule has 1 heterocycles. The Morgan fingerprint density at radius 3 is 0.754 bits per heavy atom. The van der Waals surface area contributed by atoms with Gasteiger partial charge in [0, 0.05) is 43.6 Å². The van der Waals surface area contributed by atoms with Crippen molar-refractivity contribution in [2.24, 2.45) is 0 Å². The van der Waals surface area contributed by atoms with Crippen molar-refractivity contribution in [1.82, 2.24) is 0 Å². The number of rotatable bonds is 3. The number of fused-ring (bicyclic) bond motifs is 6. The Balaban J connectivity index is 1.65. The second kappa shape index (κ2) is 13.4. The van der Waals surface area contributed by atoms with Crippen LogP contribution in [0.2, 0.25) is 0 Å². The van der Waals surface area contributed by atoms with E-state index < -0.39 is 237 Å². The molecule has 27 heteroatoms. The second-order valence-corrected chi connectivity index (χ2v) is 15.1. The zero-order valence-corrected chi connectivity index (χ0v) is 33.0. The summed E-state index contributed by atoms with van der Waals surface area (Å²) in [6.45, 7) is 0. The Labute approximate surface area is 373 Å². The highest BCUT2D eigenvalue weighted by Gasteiger charge is 2.41. The van der Waals surface area contributed by atoms with Crippen LogP contribution < -0.4 is 0 Å². The van der Waals surface area contributed by atoms with Gasteiger partial charge in [0.25, 0.3) is 0 Å². The molecule has 1 aromatic heterocycles. The topological polar surface area (TPSA) is 539 Å². The first-order chi connectivity index (χ1) is 32.2. The van der Waals surface area contributed by atoms with Crippen LogP contribution in [-0.2, 0) is 0 Å². The third kappa shape index (κ3) is 4.86. The average Bonchev–Trinajstić information content (AvgIpc) is 3.73. The van der Waals surface area contributed by atoms with Crippen LogP contribution >= 0.6 is 0 Å². The van der Waals surface area contributed by atoms with Crippen molar-refractivity contribution in [3.8, 4) is 183 Å². The largest absolute Gasteiger partial charge is 0.506 e. The van der Waals surface area contributed by atoms with E-state index >= 15 is 0 Å². The molecule has 69 heavy (non-hydrogen) atoms. The van der Waals surface area contributed by atoms with Gasteiger partial charge in [0.2, 0.25) is 69.0 Å². The van der Waals surface area contributed by atoms with Gasteiger partial charge in [0.1, 0.15) is 11.5 Å². The number of hydrogen-bond donors (Lipinski definition) is 26. The molecule has 9 aromatic rings. The molecule has 0 unspecified atom stereocenters. The third-order valence-corrected chi connectivity index (χ3v) is 11.7. The molecule has 0 bridgehead atoms. The van der Waals surface area contributed by atoms with Crippen LogP contribution in [0.15, 0.2) is 4.42 Å². The molecule has 0 radical (unpaired) electrons. The maximum absolute atomic E-state index is 12.0. The highest BCUT2D eigenvalue weighted by Crippen LogP contribution is 2.70. The first-order valence-electron chi connectivity index (χ1n) is 18.5.